The molecule has 5 nitrogen and oxygen atoms in total. The summed E-state index contributed by atoms with van der Waals surface area (Å²) in [5, 5.41) is 3.22. The highest BCUT2D eigenvalue weighted by Gasteiger charge is 2.48. The minimum absolute atomic E-state index is 0.228. The summed E-state index contributed by atoms with van der Waals surface area (Å²) in [4.78, 5) is 15.7. The van der Waals surface area contributed by atoms with E-state index in [9.17, 15) is 13.2 Å². The number of benzene rings is 1. The van der Waals surface area contributed by atoms with E-state index in [1.165, 1.54) is 12.7 Å². The molecule has 1 heterocycles. The molecule has 1 aromatic rings. The average molecular weight is 365 g/mol. The SMILES string of the molecule is CNCC1CCCN(C(=O)C2(c3ccc(S(C)(=O)=O)cc3)CCC2)C1. The molecular weight excluding hydrogens is 336 g/mol. The van der Waals surface area contributed by atoms with E-state index in [2.05, 4.69) is 5.32 Å². The van der Waals surface area contributed by atoms with Crippen LogP contribution in [0.4, 0.5) is 0 Å². The maximum absolute atomic E-state index is 13.3. The standard InChI is InChI=1S/C19H28N2O3S/c1-20-13-15-5-3-12-21(14-15)18(22)19(10-4-11-19)16-6-8-17(9-7-16)25(2,23)24/h6-9,15,20H,3-5,10-14H2,1-2H3. The highest BCUT2D eigenvalue weighted by Crippen LogP contribution is 2.45. The topological polar surface area (TPSA) is 66.5 Å². The van der Waals surface area contributed by atoms with Crippen molar-refractivity contribution >= 4 is 15.7 Å². The predicted molar refractivity (Wildman–Crippen MR) is 98.3 cm³/mol. The van der Waals surface area contributed by atoms with Gasteiger partial charge in [-0.2, -0.15) is 0 Å². The molecule has 25 heavy (non-hydrogen) atoms. The molecule has 1 N–H and O–H groups in total. The fourth-order valence-electron chi connectivity index (χ4n) is 4.18. The lowest BCUT2D eigenvalue weighted by Gasteiger charge is -2.46. The van der Waals surface area contributed by atoms with Gasteiger partial charge < -0.3 is 10.2 Å². The van der Waals surface area contributed by atoms with Crippen LogP contribution in [0.5, 0.6) is 0 Å². The first kappa shape index (κ1) is 18.4. The Kier molecular flexibility index (Phi) is 5.21. The molecule has 2 aliphatic rings. The first-order valence-electron chi connectivity index (χ1n) is 9.11. The summed E-state index contributed by atoms with van der Waals surface area (Å²) in [6, 6.07) is 6.95. The van der Waals surface area contributed by atoms with Crippen LogP contribution in [-0.4, -0.2) is 52.2 Å². The second kappa shape index (κ2) is 7.08. The zero-order valence-electron chi connectivity index (χ0n) is 15.1. The van der Waals surface area contributed by atoms with Gasteiger partial charge in [-0.05, 0) is 62.9 Å². The van der Waals surface area contributed by atoms with E-state index in [0.29, 0.717) is 10.8 Å². The molecule has 1 unspecified atom stereocenters. The van der Waals surface area contributed by atoms with Crippen LogP contribution in [0.25, 0.3) is 0 Å². The van der Waals surface area contributed by atoms with Gasteiger partial charge in [-0.1, -0.05) is 18.6 Å². The number of carbonyl (C=O) groups excluding carboxylic acids is 1. The zero-order valence-corrected chi connectivity index (χ0v) is 15.9. The zero-order chi connectivity index (χ0) is 18.1. The van der Waals surface area contributed by atoms with Gasteiger partial charge in [0.25, 0.3) is 0 Å². The third-order valence-electron chi connectivity index (χ3n) is 5.75. The summed E-state index contributed by atoms with van der Waals surface area (Å²) >= 11 is 0. The Balaban J connectivity index is 1.81. The molecule has 0 spiro atoms. The van der Waals surface area contributed by atoms with E-state index in [1.807, 2.05) is 24.1 Å². The quantitative estimate of drug-likeness (QED) is 0.867. The predicted octanol–water partition coefficient (Wildman–Crippen LogP) is 1.97. The number of nitrogens with one attached hydrogen (secondary N) is 1. The van der Waals surface area contributed by atoms with Gasteiger partial charge in [0.05, 0.1) is 10.3 Å². The molecule has 1 atom stereocenters. The molecule has 0 aromatic heterocycles. The molecule has 1 aliphatic carbocycles. The molecule has 1 saturated heterocycles. The van der Waals surface area contributed by atoms with Crippen molar-refractivity contribution in [3.8, 4) is 0 Å². The van der Waals surface area contributed by atoms with E-state index in [4.69, 9.17) is 0 Å². The van der Waals surface area contributed by atoms with E-state index in [0.717, 1.165) is 50.9 Å². The summed E-state index contributed by atoms with van der Waals surface area (Å²) in [7, 11) is -1.25. The van der Waals surface area contributed by atoms with Gasteiger partial charge >= 0.3 is 0 Å². The van der Waals surface area contributed by atoms with Gasteiger partial charge in [0.2, 0.25) is 5.91 Å². The molecule has 0 bridgehead atoms. The van der Waals surface area contributed by atoms with E-state index in [1.54, 1.807) is 12.1 Å². The summed E-state index contributed by atoms with van der Waals surface area (Å²) in [6.07, 6.45) is 6.20. The molecule has 2 fully saturated rings. The minimum atomic E-state index is -3.21. The molecule has 138 valence electrons. The largest absolute Gasteiger partial charge is 0.342 e. The van der Waals surface area contributed by atoms with E-state index >= 15 is 0 Å². The maximum atomic E-state index is 13.3. The van der Waals surface area contributed by atoms with Crippen LogP contribution in [-0.2, 0) is 20.0 Å². The molecule has 3 rings (SSSR count). The highest BCUT2D eigenvalue weighted by atomic mass is 32.2. The van der Waals surface area contributed by atoms with Crippen molar-refractivity contribution in [1.29, 1.82) is 0 Å². The number of likely N-dealkylation sites (tertiary alicyclic amines) is 1. The average Bonchev–Trinajstić information content (AvgIpc) is 2.54. The molecule has 1 amide bonds. The second-order valence-corrected chi connectivity index (χ2v) is 9.57. The van der Waals surface area contributed by atoms with Crippen LogP contribution in [0.1, 0.15) is 37.7 Å². The molecule has 6 heteroatoms. The lowest BCUT2D eigenvalue weighted by Crippen LogP contribution is -2.54. The summed E-state index contributed by atoms with van der Waals surface area (Å²) in [5.41, 5.74) is 0.518. The first-order chi connectivity index (χ1) is 11.9. The van der Waals surface area contributed by atoms with Crippen LogP contribution in [0.15, 0.2) is 29.2 Å². The Morgan fingerprint density at radius 3 is 2.44 bits per heavy atom. The molecule has 1 aliphatic heterocycles. The molecule has 1 saturated carbocycles. The Labute approximate surface area is 150 Å². The number of piperidine rings is 1. The van der Waals surface area contributed by atoms with E-state index in [-0.39, 0.29) is 5.91 Å². The van der Waals surface area contributed by atoms with Crippen LogP contribution in [0, 0.1) is 5.92 Å². The van der Waals surface area contributed by atoms with Crippen molar-refractivity contribution in [1.82, 2.24) is 10.2 Å². The number of amides is 1. The van der Waals surface area contributed by atoms with Crippen LogP contribution in [0.2, 0.25) is 0 Å². The third-order valence-corrected chi connectivity index (χ3v) is 6.88. The van der Waals surface area contributed by atoms with Gasteiger partial charge in [0, 0.05) is 19.3 Å². The summed E-state index contributed by atoms with van der Waals surface area (Å²) in [6.45, 7) is 2.60. The van der Waals surface area contributed by atoms with Gasteiger partial charge in [0.15, 0.2) is 9.84 Å². The van der Waals surface area contributed by atoms with Crippen molar-refractivity contribution in [3.63, 3.8) is 0 Å². The van der Waals surface area contributed by atoms with Crippen molar-refractivity contribution < 1.29 is 13.2 Å². The van der Waals surface area contributed by atoms with Crippen molar-refractivity contribution in [3.05, 3.63) is 29.8 Å². The van der Waals surface area contributed by atoms with Crippen LogP contribution in [0.3, 0.4) is 0 Å². The first-order valence-corrected chi connectivity index (χ1v) is 11.0. The van der Waals surface area contributed by atoms with E-state index < -0.39 is 15.3 Å². The Hall–Kier alpha value is -1.40. The third kappa shape index (κ3) is 3.60. The lowest BCUT2D eigenvalue weighted by atomic mass is 9.63. The summed E-state index contributed by atoms with van der Waals surface area (Å²) in [5.74, 6) is 0.749. The molecule has 0 radical (unpaired) electrons. The minimum Gasteiger partial charge on any atom is -0.342 e. The van der Waals surface area contributed by atoms with Gasteiger partial charge in [-0.15, -0.1) is 0 Å². The Bertz CT molecular complexity index is 722. The number of hydrogen-bond acceptors (Lipinski definition) is 4. The number of carbonyl (C=O) groups is 1. The highest BCUT2D eigenvalue weighted by molar-refractivity contribution is 7.90. The molecule has 1 aromatic carbocycles. The lowest BCUT2D eigenvalue weighted by molar-refractivity contribution is -0.142. The van der Waals surface area contributed by atoms with Crippen molar-refractivity contribution in [2.75, 3.05) is 32.9 Å². The normalized spacial score (nSPS) is 23.1. The van der Waals surface area contributed by atoms with Crippen molar-refractivity contribution in [2.45, 2.75) is 42.4 Å². The van der Waals surface area contributed by atoms with Gasteiger partial charge in [-0.3, -0.25) is 4.79 Å². The summed E-state index contributed by atoms with van der Waals surface area (Å²) < 4.78 is 23.4. The number of sulfone groups is 1. The second-order valence-electron chi connectivity index (χ2n) is 7.55. The Morgan fingerprint density at radius 1 is 1.24 bits per heavy atom. The van der Waals surface area contributed by atoms with Crippen molar-refractivity contribution in [2.24, 2.45) is 5.92 Å². The number of rotatable bonds is 5. The van der Waals surface area contributed by atoms with Crippen LogP contribution < -0.4 is 5.32 Å². The van der Waals surface area contributed by atoms with Gasteiger partial charge in [0.1, 0.15) is 0 Å². The number of nitrogens with zero attached hydrogens (tertiary/aromatic N) is 1. The smallest absolute Gasteiger partial charge is 0.233 e. The monoisotopic (exact) mass is 364 g/mol. The maximum Gasteiger partial charge on any atom is 0.233 e. The number of hydrogen-bond donors (Lipinski definition) is 1. The van der Waals surface area contributed by atoms with Gasteiger partial charge in [-0.25, -0.2) is 8.42 Å². The fraction of sp³-hybridized carbons (Fsp3) is 0.632. The molecular formula is C19H28N2O3S. The Morgan fingerprint density at radius 2 is 1.92 bits per heavy atom. The van der Waals surface area contributed by atoms with Crippen LogP contribution >= 0.6 is 0 Å². The fourth-order valence-corrected chi connectivity index (χ4v) is 4.82.